The number of hydrogen-bond acceptors (Lipinski definition) is 2. The lowest BCUT2D eigenvalue weighted by Crippen LogP contribution is -2.06. The van der Waals surface area contributed by atoms with E-state index in [0.717, 1.165) is 0 Å². The summed E-state index contributed by atoms with van der Waals surface area (Å²) in [5.41, 5.74) is 6.85. The minimum Gasteiger partial charge on any atom is -0.489 e. The zero-order chi connectivity index (χ0) is 14.5. The summed E-state index contributed by atoms with van der Waals surface area (Å²) in [6, 6.07) is 8.37. The van der Waals surface area contributed by atoms with Crippen LogP contribution in [0.3, 0.4) is 0 Å². The summed E-state index contributed by atoms with van der Waals surface area (Å²) >= 11 is 5.92. The monoisotopic (exact) mass is 297 g/mol. The molecular weight excluding hydrogens is 284 g/mol. The Kier molecular flexibility index (Phi) is 4.93. The Morgan fingerprint density at radius 2 is 1.70 bits per heavy atom. The average Bonchev–Trinajstić information content (AvgIpc) is 2.40. The maximum Gasteiger partial charge on any atom is 0.124 e. The van der Waals surface area contributed by atoms with Crippen LogP contribution in [0.15, 0.2) is 36.4 Å². The smallest absolute Gasteiger partial charge is 0.124 e. The Bertz CT molecular complexity index is 604. The summed E-state index contributed by atoms with van der Waals surface area (Å²) in [6.07, 6.45) is 0.518. The third-order valence-corrected chi connectivity index (χ3v) is 3.19. The van der Waals surface area contributed by atoms with E-state index in [1.807, 2.05) is 0 Å². The summed E-state index contributed by atoms with van der Waals surface area (Å²) in [5, 5.41) is 0.299. The van der Waals surface area contributed by atoms with Gasteiger partial charge in [-0.15, -0.1) is 0 Å². The number of halogens is 3. The van der Waals surface area contributed by atoms with E-state index in [4.69, 9.17) is 22.1 Å². The highest BCUT2D eigenvalue weighted by Crippen LogP contribution is 2.23. The predicted molar refractivity (Wildman–Crippen MR) is 74.9 cm³/mol. The number of hydrogen-bond donors (Lipinski definition) is 1. The fourth-order valence-corrected chi connectivity index (χ4v) is 2.06. The summed E-state index contributed by atoms with van der Waals surface area (Å²) in [6.45, 7) is 0.583. The molecular formula is C15H14ClF2NO. The van der Waals surface area contributed by atoms with Crippen LogP contribution in [0.4, 0.5) is 8.78 Å². The highest BCUT2D eigenvalue weighted by molar-refractivity contribution is 6.31. The Hall–Kier alpha value is -1.65. The lowest BCUT2D eigenvalue weighted by molar-refractivity contribution is 0.302. The van der Waals surface area contributed by atoms with Crippen LogP contribution in [0.5, 0.6) is 5.75 Å². The van der Waals surface area contributed by atoms with Gasteiger partial charge < -0.3 is 10.5 Å². The van der Waals surface area contributed by atoms with E-state index >= 15 is 0 Å². The zero-order valence-corrected chi connectivity index (χ0v) is 11.5. The van der Waals surface area contributed by atoms with E-state index in [1.165, 1.54) is 24.3 Å². The van der Waals surface area contributed by atoms with Crippen LogP contribution in [0, 0.1) is 11.6 Å². The van der Waals surface area contributed by atoms with Crippen LogP contribution >= 0.6 is 11.6 Å². The maximum atomic E-state index is 13.2. The van der Waals surface area contributed by atoms with Gasteiger partial charge in [0, 0.05) is 5.56 Å². The van der Waals surface area contributed by atoms with E-state index in [0.29, 0.717) is 34.9 Å². The van der Waals surface area contributed by atoms with Gasteiger partial charge in [0.05, 0.1) is 5.02 Å². The van der Waals surface area contributed by atoms with Crippen LogP contribution in [0.1, 0.15) is 11.1 Å². The Morgan fingerprint density at radius 3 is 2.40 bits per heavy atom. The number of nitrogens with two attached hydrogens (primary N) is 1. The van der Waals surface area contributed by atoms with Crippen molar-refractivity contribution in [2.45, 2.75) is 13.0 Å². The second-order valence-corrected chi connectivity index (χ2v) is 4.72. The second-order valence-electron chi connectivity index (χ2n) is 4.32. The topological polar surface area (TPSA) is 35.2 Å². The van der Waals surface area contributed by atoms with Crippen molar-refractivity contribution in [3.63, 3.8) is 0 Å². The molecule has 0 saturated heterocycles. The van der Waals surface area contributed by atoms with E-state index in [-0.39, 0.29) is 12.4 Å². The summed E-state index contributed by atoms with van der Waals surface area (Å²) in [7, 11) is 0. The standard InChI is InChI=1S/C15H14ClF2NO/c16-14-8-13(18)2-1-11(14)9-20-15-4-3-12(17)7-10(15)5-6-19/h1-4,7-8H,5-6,9,19H2. The van der Waals surface area contributed by atoms with Gasteiger partial charge >= 0.3 is 0 Å². The lowest BCUT2D eigenvalue weighted by atomic mass is 10.1. The number of rotatable bonds is 5. The van der Waals surface area contributed by atoms with Crippen molar-refractivity contribution in [1.29, 1.82) is 0 Å². The van der Waals surface area contributed by atoms with Crippen LogP contribution in [-0.2, 0) is 13.0 Å². The van der Waals surface area contributed by atoms with E-state index in [9.17, 15) is 8.78 Å². The molecule has 106 valence electrons. The molecule has 0 unspecified atom stereocenters. The first-order valence-corrected chi connectivity index (χ1v) is 6.53. The van der Waals surface area contributed by atoms with Gasteiger partial charge in [-0.1, -0.05) is 17.7 Å². The number of benzene rings is 2. The molecule has 2 rings (SSSR count). The van der Waals surface area contributed by atoms with Gasteiger partial charge in [-0.25, -0.2) is 8.78 Å². The SMILES string of the molecule is NCCc1cc(F)ccc1OCc1ccc(F)cc1Cl. The van der Waals surface area contributed by atoms with Crippen LogP contribution in [-0.4, -0.2) is 6.54 Å². The van der Waals surface area contributed by atoms with Gasteiger partial charge in [0.15, 0.2) is 0 Å². The highest BCUT2D eigenvalue weighted by Gasteiger charge is 2.07. The molecule has 5 heteroatoms. The van der Waals surface area contributed by atoms with Gasteiger partial charge in [-0.3, -0.25) is 0 Å². The van der Waals surface area contributed by atoms with E-state index in [2.05, 4.69) is 0 Å². The van der Waals surface area contributed by atoms with Crippen LogP contribution in [0.2, 0.25) is 5.02 Å². The Labute approximate surface area is 121 Å². The van der Waals surface area contributed by atoms with Gasteiger partial charge in [0.25, 0.3) is 0 Å². The third kappa shape index (κ3) is 3.68. The minimum atomic E-state index is -0.399. The molecule has 2 nitrogen and oxygen atoms in total. The van der Waals surface area contributed by atoms with Crippen LogP contribution < -0.4 is 10.5 Å². The fraction of sp³-hybridized carbons (Fsp3) is 0.200. The van der Waals surface area contributed by atoms with Gasteiger partial charge in [0.1, 0.15) is 24.0 Å². The van der Waals surface area contributed by atoms with E-state index in [1.54, 1.807) is 12.1 Å². The first kappa shape index (κ1) is 14.8. The average molecular weight is 298 g/mol. The number of ether oxygens (including phenoxy) is 1. The molecule has 0 radical (unpaired) electrons. The molecule has 2 aromatic carbocycles. The lowest BCUT2D eigenvalue weighted by Gasteiger charge is -2.12. The van der Waals surface area contributed by atoms with Crippen molar-refractivity contribution < 1.29 is 13.5 Å². The molecule has 0 saturated carbocycles. The molecule has 0 heterocycles. The Balaban J connectivity index is 2.14. The van der Waals surface area contributed by atoms with Crippen molar-refractivity contribution in [1.82, 2.24) is 0 Å². The maximum absolute atomic E-state index is 13.2. The molecule has 0 aliphatic heterocycles. The highest BCUT2D eigenvalue weighted by atomic mass is 35.5. The second kappa shape index (κ2) is 6.68. The summed E-state index contributed by atoms with van der Waals surface area (Å²) in [5.74, 6) is -0.179. The molecule has 0 aliphatic rings. The van der Waals surface area contributed by atoms with Crippen molar-refractivity contribution in [2.75, 3.05) is 6.54 Å². The summed E-state index contributed by atoms with van der Waals surface area (Å²) < 4.78 is 31.7. The molecule has 0 spiro atoms. The van der Waals surface area contributed by atoms with Crippen molar-refractivity contribution in [3.05, 3.63) is 64.2 Å². The van der Waals surface area contributed by atoms with Crippen molar-refractivity contribution >= 4 is 11.6 Å². The largest absolute Gasteiger partial charge is 0.489 e. The van der Waals surface area contributed by atoms with Crippen LogP contribution in [0.25, 0.3) is 0 Å². The third-order valence-electron chi connectivity index (χ3n) is 2.83. The molecule has 0 aromatic heterocycles. The molecule has 0 atom stereocenters. The van der Waals surface area contributed by atoms with Gasteiger partial charge in [-0.05, 0) is 48.9 Å². The first-order valence-electron chi connectivity index (χ1n) is 6.15. The molecule has 0 bridgehead atoms. The predicted octanol–water partition coefficient (Wildman–Crippen LogP) is 3.70. The van der Waals surface area contributed by atoms with Gasteiger partial charge in [-0.2, -0.15) is 0 Å². The first-order chi connectivity index (χ1) is 9.60. The summed E-state index contributed by atoms with van der Waals surface area (Å²) in [4.78, 5) is 0. The molecule has 2 N–H and O–H groups in total. The molecule has 20 heavy (non-hydrogen) atoms. The van der Waals surface area contributed by atoms with Gasteiger partial charge in [0.2, 0.25) is 0 Å². The van der Waals surface area contributed by atoms with Crippen molar-refractivity contribution in [3.8, 4) is 5.75 Å². The molecule has 0 fully saturated rings. The molecule has 0 amide bonds. The fourth-order valence-electron chi connectivity index (χ4n) is 1.83. The quantitative estimate of drug-likeness (QED) is 0.913. The Morgan fingerprint density at radius 1 is 1.00 bits per heavy atom. The van der Waals surface area contributed by atoms with Crippen molar-refractivity contribution in [2.24, 2.45) is 5.73 Å². The normalized spacial score (nSPS) is 10.6. The molecule has 0 aliphatic carbocycles. The zero-order valence-electron chi connectivity index (χ0n) is 10.7. The minimum absolute atomic E-state index is 0.183. The molecule has 2 aromatic rings. The van der Waals surface area contributed by atoms with E-state index < -0.39 is 5.82 Å².